The Labute approximate surface area is 855 Å². The zero-order valence-electron chi connectivity index (χ0n) is 82.1. The molecule has 0 spiro atoms. The molecule has 2 unspecified atom stereocenters. The Morgan fingerprint density at radius 3 is 0.719 bits per heavy atom. The molecular formula is C90H120Cl4N12O36P4. The Hall–Kier alpha value is -9.88. The van der Waals surface area contributed by atoms with E-state index in [0.29, 0.717) is 0 Å². The van der Waals surface area contributed by atoms with E-state index < -0.39 is 262 Å². The first-order valence-electron chi connectivity index (χ1n) is 45.3. The Kier molecular flexibility index (Phi) is 41.9. The highest BCUT2D eigenvalue weighted by Gasteiger charge is 2.59. The summed E-state index contributed by atoms with van der Waals surface area (Å²) >= 11 is 26.1. The molecule has 0 aliphatic carbocycles. The predicted molar refractivity (Wildman–Crippen MR) is 529 cm³/mol. The lowest BCUT2D eigenvalue weighted by atomic mass is 9.99. The van der Waals surface area contributed by atoms with Gasteiger partial charge in [0.25, 0.3) is 22.2 Å². The number of aromatic amines is 4. The Balaban J connectivity index is 0.000000217. The lowest BCUT2D eigenvalue weighted by molar-refractivity contribution is -0.150. The van der Waals surface area contributed by atoms with Gasteiger partial charge in [-0.3, -0.25) is 94.7 Å². The van der Waals surface area contributed by atoms with Crippen molar-refractivity contribution in [3.63, 3.8) is 0 Å². The quantitative estimate of drug-likeness (QED) is 0.00742. The molecule has 4 saturated heterocycles. The molecule has 56 heteroatoms. The topological polar surface area (TPSA) is 633 Å². The van der Waals surface area contributed by atoms with E-state index in [9.17, 15) is 96.2 Å². The number of hydrogen-bond donors (Lipinski definition) is 12. The number of para-hydroxylation sites is 4. The normalized spacial score (nSPS) is 26.2. The third-order valence-corrected chi connectivity index (χ3v) is 29.5. The van der Waals surface area contributed by atoms with E-state index in [4.69, 9.17) is 120 Å². The number of nitrogens with zero attached hydrogens (tertiary/aromatic N) is 4. The van der Waals surface area contributed by atoms with Crippen LogP contribution in [0.4, 0.5) is 0 Å². The first-order chi connectivity index (χ1) is 68.1. The number of hydrogen-bond acceptors (Lipinski definition) is 36. The summed E-state index contributed by atoms with van der Waals surface area (Å²) in [6.07, 6.45) is -11.3. The van der Waals surface area contributed by atoms with E-state index in [-0.39, 0.29) is 35.0 Å². The molecule has 12 rings (SSSR count). The summed E-state index contributed by atoms with van der Waals surface area (Å²) in [6, 6.07) is 32.7. The molecule has 146 heavy (non-hydrogen) atoms. The number of H-pyrrole nitrogens is 4. The first-order valence-corrected chi connectivity index (χ1v) is 53.0. The van der Waals surface area contributed by atoms with Crippen LogP contribution in [0.2, 0.25) is 0 Å². The van der Waals surface area contributed by atoms with Crippen molar-refractivity contribution in [2.75, 3.05) is 33.0 Å². The summed E-state index contributed by atoms with van der Waals surface area (Å²) in [5, 5.41) is 53.4. The van der Waals surface area contributed by atoms with E-state index in [2.05, 4.69) is 40.3 Å². The molecule has 0 saturated carbocycles. The van der Waals surface area contributed by atoms with Gasteiger partial charge in [0.05, 0.1) is 51.3 Å². The highest BCUT2D eigenvalue weighted by molar-refractivity contribution is 7.53. The van der Waals surface area contributed by atoms with Gasteiger partial charge >= 0.3 is 77.6 Å². The number of halogens is 4. The molecule has 24 atom stereocenters. The number of esters is 4. The first kappa shape index (κ1) is 120. The predicted octanol–water partition coefficient (Wildman–Crippen LogP) is 8.34. The van der Waals surface area contributed by atoms with Gasteiger partial charge in [0.2, 0.25) is 0 Å². The molecule has 4 fully saturated rings. The number of ether oxygens (including phenoxy) is 8. The van der Waals surface area contributed by atoms with Crippen molar-refractivity contribution < 1.29 is 132 Å². The number of benzene rings is 4. The van der Waals surface area contributed by atoms with Crippen LogP contribution in [0.3, 0.4) is 0 Å². The number of aliphatic hydroxyl groups is 4. The van der Waals surface area contributed by atoms with Gasteiger partial charge in [-0.15, -0.1) is 46.4 Å². The molecule has 804 valence electrons. The van der Waals surface area contributed by atoms with Crippen molar-refractivity contribution in [3.05, 3.63) is 254 Å². The maximum atomic E-state index is 13.7. The van der Waals surface area contributed by atoms with Crippen molar-refractivity contribution in [1.82, 2.24) is 58.6 Å². The fourth-order valence-electron chi connectivity index (χ4n) is 14.0. The van der Waals surface area contributed by atoms with Crippen molar-refractivity contribution in [2.24, 2.45) is 5.41 Å². The van der Waals surface area contributed by atoms with E-state index in [1.54, 1.807) is 163 Å². The number of nitrogens with one attached hydrogen (secondary N) is 8. The maximum absolute atomic E-state index is 13.7. The number of aliphatic hydroxyl groups excluding tert-OH is 4. The van der Waals surface area contributed by atoms with E-state index in [0.717, 1.165) is 42.5 Å². The summed E-state index contributed by atoms with van der Waals surface area (Å²) in [5.74, 6) is -1.88. The van der Waals surface area contributed by atoms with E-state index in [1.807, 2.05) is 20.8 Å². The molecule has 8 aromatic rings. The van der Waals surface area contributed by atoms with Crippen molar-refractivity contribution >= 4 is 101 Å². The second kappa shape index (κ2) is 51.1. The van der Waals surface area contributed by atoms with Gasteiger partial charge in [-0.2, -0.15) is 20.3 Å². The van der Waals surface area contributed by atoms with Crippen molar-refractivity contribution in [3.8, 4) is 23.0 Å². The minimum Gasteiger partial charge on any atom is -0.464 e. The minimum absolute atomic E-state index is 0.143. The standard InChI is InChI=1S/C24H33ClN3O9P.3C22H29ClN3O9P/c1-15(20(31)34-14-23(2,3)4)27-38(33,37-16-9-7-6-8-10-16)35-13-17-19(30)24(5,25)21(36-17)28-12-11-18(29)26-22(28)32;3*1-13(2)33-19(29)14(3)25-36(31,35-15-8-6-5-7-9-15)32-12-16-18(28)22(4,23)20(34-16)26-11-10-17(27)24-21(26)30/h6-12,15,17,19,21,30H,13-14H2,1-5H3,(H,27,33)(H,26,29,32);3*5-11,13-14,16,18,20,28H,12H2,1-4H3,(H,25,31)(H,24,27,30)/t15-,17-,19-,21-,24-,38?;14-,16-,18-,20-,22-,36?;14-,16-,18-,20-,22-,36+;14-,16-,18-,20-,22-,36-/m1111/s1. The number of carbonyl (C=O) groups excluding carboxylic acids is 4. The maximum Gasteiger partial charge on any atom is 0.459 e. The molecular weight excluding hydrogens is 2090 g/mol. The third-order valence-electron chi connectivity index (χ3n) is 21.3. The van der Waals surface area contributed by atoms with Gasteiger partial charge in [-0.1, -0.05) is 93.6 Å². The number of alkyl halides is 4. The fourth-order valence-corrected chi connectivity index (χ4v) is 21.1. The lowest BCUT2D eigenvalue weighted by Crippen LogP contribution is -2.43. The summed E-state index contributed by atoms with van der Waals surface area (Å²) in [7, 11) is -16.9. The molecule has 0 amide bonds. The molecule has 4 aliphatic heterocycles. The Bertz CT molecular complexity index is 6000. The number of rotatable bonds is 40. The minimum atomic E-state index is -4.25. The van der Waals surface area contributed by atoms with Gasteiger partial charge in [0.15, 0.2) is 24.9 Å². The van der Waals surface area contributed by atoms with Crippen molar-refractivity contribution in [1.29, 1.82) is 0 Å². The molecule has 4 aromatic heterocycles. The highest BCUT2D eigenvalue weighted by atomic mass is 35.5. The van der Waals surface area contributed by atoms with Crippen LogP contribution < -0.4 is 83.4 Å². The van der Waals surface area contributed by atoms with Crippen LogP contribution in [-0.4, -0.2) is 226 Å². The SMILES string of the molecule is CC(C)OC(=O)[C@@H](C)NP(=O)(OC[C@H]1O[C@@H](n2ccc(=O)[nH]c2=O)[C@](C)(Cl)[C@@H]1O)Oc1ccccc1.CC(C)OC(=O)[C@@H](C)N[P@@](=O)(OC[C@H]1O[C@@H](n2ccc(=O)[nH]c2=O)[C@](C)(Cl)[C@@H]1O)Oc1ccccc1.CC(C)OC(=O)[C@@H](C)N[P@](=O)(OC[C@H]1O[C@@H](n2ccc(=O)[nH]c2=O)[C@](C)(Cl)[C@@H]1O)Oc1ccccc1.C[C@@H](NP(=O)(OC[C@H]1O[C@@H](n2ccc(=O)[nH]c2=O)[C@](C)(Cl)[C@@H]1O)Oc1ccccc1)C(=O)OCC(C)(C)C. The Morgan fingerprint density at radius 2 is 0.541 bits per heavy atom. The summed E-state index contributed by atoms with van der Waals surface area (Å²) in [5.41, 5.74) is -5.86. The average Bonchev–Trinajstić information content (AvgIpc) is 1.63. The van der Waals surface area contributed by atoms with Gasteiger partial charge < -0.3 is 76.4 Å². The largest absolute Gasteiger partial charge is 0.464 e. The molecule has 0 bridgehead atoms. The van der Waals surface area contributed by atoms with Gasteiger partial charge in [-0.05, 0) is 151 Å². The zero-order valence-corrected chi connectivity index (χ0v) is 88.7. The van der Waals surface area contributed by atoms with Crippen LogP contribution in [0.15, 0.2) is 209 Å². The molecule has 8 heterocycles. The van der Waals surface area contributed by atoms with Crippen LogP contribution in [-0.2, 0) is 93.4 Å². The smallest absolute Gasteiger partial charge is 0.459 e. The van der Waals surface area contributed by atoms with Gasteiger partial charge in [0.1, 0.15) is 115 Å². The van der Waals surface area contributed by atoms with Crippen LogP contribution in [0, 0.1) is 5.41 Å². The fraction of sp³-hybridized carbons (Fsp3) is 0.511. The molecule has 0 radical (unpaired) electrons. The van der Waals surface area contributed by atoms with Crippen LogP contribution in [0.5, 0.6) is 23.0 Å². The van der Waals surface area contributed by atoms with Gasteiger partial charge in [-0.25, -0.2) is 37.4 Å². The van der Waals surface area contributed by atoms with Crippen LogP contribution >= 0.6 is 77.4 Å². The van der Waals surface area contributed by atoms with Crippen LogP contribution in [0.25, 0.3) is 0 Å². The van der Waals surface area contributed by atoms with Crippen molar-refractivity contribution in [2.45, 2.75) is 253 Å². The number of carbonyl (C=O) groups is 4. The van der Waals surface area contributed by atoms with Gasteiger partial charge in [0, 0.05) is 49.1 Å². The van der Waals surface area contributed by atoms with E-state index >= 15 is 0 Å². The molecule has 4 aliphatic rings. The highest BCUT2D eigenvalue weighted by Crippen LogP contribution is 2.54. The average molecular weight is 2210 g/mol. The second-order valence-corrected chi connectivity index (χ2v) is 46.4. The molecule has 48 nitrogen and oxygen atoms in total. The molecule has 12 N–H and O–H groups in total. The summed E-state index contributed by atoms with van der Waals surface area (Å²) in [6.45, 7) is 25.5. The monoisotopic (exact) mass is 2210 g/mol. The summed E-state index contributed by atoms with van der Waals surface area (Å²) in [4.78, 5) is 146. The lowest BCUT2D eigenvalue weighted by Gasteiger charge is -2.26. The Morgan fingerprint density at radius 1 is 0.349 bits per heavy atom. The second-order valence-electron chi connectivity index (χ2n) is 36.4. The number of aromatic nitrogens is 8. The van der Waals surface area contributed by atoms with Crippen LogP contribution in [0.1, 0.15) is 143 Å². The van der Waals surface area contributed by atoms with E-state index in [1.165, 1.54) is 80.2 Å². The molecule has 4 aromatic carbocycles. The third kappa shape index (κ3) is 33.1. The zero-order chi connectivity index (χ0) is 108. The summed E-state index contributed by atoms with van der Waals surface area (Å²) < 4.78 is 147.